The van der Waals surface area contributed by atoms with Crippen LogP contribution in [0.3, 0.4) is 0 Å². The summed E-state index contributed by atoms with van der Waals surface area (Å²) in [5.41, 5.74) is 0.570. The molecular weight excluding hydrogens is 348 g/mol. The van der Waals surface area contributed by atoms with Gasteiger partial charge in [0.05, 0.1) is 24.7 Å². The lowest BCUT2D eigenvalue weighted by Gasteiger charge is -2.13. The third kappa shape index (κ3) is 3.03. The Morgan fingerprint density at radius 3 is 2.52 bits per heavy atom. The summed E-state index contributed by atoms with van der Waals surface area (Å²) in [6, 6.07) is 6.97. The molecular formula is C20H20N2O5. The molecule has 7 nitrogen and oxygen atoms in total. The van der Waals surface area contributed by atoms with E-state index in [0.29, 0.717) is 11.3 Å². The van der Waals surface area contributed by atoms with Gasteiger partial charge in [0.25, 0.3) is 11.8 Å². The smallest absolute Gasteiger partial charge is 0.344 e. The van der Waals surface area contributed by atoms with E-state index in [1.54, 1.807) is 31.2 Å². The fraction of sp³-hybridized carbons (Fsp3) is 0.400. The number of hydrogen-bond acceptors (Lipinski definition) is 6. The van der Waals surface area contributed by atoms with Crippen LogP contribution in [0.15, 0.2) is 41.5 Å². The molecule has 3 aliphatic rings. The maximum Gasteiger partial charge on any atom is 0.344 e. The second-order valence-electron chi connectivity index (χ2n) is 6.86. The number of carbonyl (C=O) groups is 3. The van der Waals surface area contributed by atoms with Crippen molar-refractivity contribution in [1.29, 1.82) is 0 Å². The van der Waals surface area contributed by atoms with Gasteiger partial charge in [0.1, 0.15) is 5.75 Å². The molecule has 2 aliphatic carbocycles. The molecule has 0 spiro atoms. The quantitative estimate of drug-likeness (QED) is 0.331. The van der Waals surface area contributed by atoms with Gasteiger partial charge in [-0.2, -0.15) is 10.1 Å². The normalized spacial score (nSPS) is 28.3. The average Bonchev–Trinajstić information content (AvgIpc) is 3.34. The summed E-state index contributed by atoms with van der Waals surface area (Å²) in [5, 5.41) is 5.13. The Morgan fingerprint density at radius 2 is 1.85 bits per heavy atom. The van der Waals surface area contributed by atoms with Gasteiger partial charge in [-0.25, -0.2) is 4.79 Å². The Balaban J connectivity index is 1.48. The van der Waals surface area contributed by atoms with Crippen molar-refractivity contribution in [2.45, 2.75) is 13.3 Å². The van der Waals surface area contributed by atoms with Crippen molar-refractivity contribution in [2.24, 2.45) is 28.8 Å². The van der Waals surface area contributed by atoms with E-state index in [0.717, 1.165) is 11.4 Å². The Bertz CT molecular complexity index is 817. The maximum atomic E-state index is 12.6. The summed E-state index contributed by atoms with van der Waals surface area (Å²) in [4.78, 5) is 36.8. The van der Waals surface area contributed by atoms with Crippen molar-refractivity contribution in [3.8, 4) is 5.75 Å². The van der Waals surface area contributed by atoms with Crippen LogP contribution in [0.25, 0.3) is 0 Å². The summed E-state index contributed by atoms with van der Waals surface area (Å²) >= 11 is 0. The van der Waals surface area contributed by atoms with Crippen LogP contribution < -0.4 is 4.74 Å². The minimum Gasteiger partial charge on any atom is -0.481 e. The number of rotatable bonds is 6. The molecule has 1 saturated carbocycles. The van der Waals surface area contributed by atoms with E-state index in [1.807, 2.05) is 12.2 Å². The van der Waals surface area contributed by atoms with Gasteiger partial charge in [-0.15, -0.1) is 0 Å². The summed E-state index contributed by atoms with van der Waals surface area (Å²) < 4.78 is 10.3. The third-order valence-corrected chi connectivity index (χ3v) is 5.33. The summed E-state index contributed by atoms with van der Waals surface area (Å²) in [7, 11) is 0. The van der Waals surface area contributed by atoms with Gasteiger partial charge in [-0.1, -0.05) is 24.3 Å². The molecule has 2 bridgehead atoms. The van der Waals surface area contributed by atoms with E-state index in [2.05, 4.69) is 5.10 Å². The fourth-order valence-electron chi connectivity index (χ4n) is 4.18. The van der Waals surface area contributed by atoms with Crippen molar-refractivity contribution in [3.05, 3.63) is 42.0 Å². The van der Waals surface area contributed by atoms with E-state index in [1.165, 1.54) is 6.21 Å². The lowest BCUT2D eigenvalue weighted by Crippen LogP contribution is -2.28. The first kappa shape index (κ1) is 17.5. The number of benzene rings is 1. The van der Waals surface area contributed by atoms with E-state index >= 15 is 0 Å². The third-order valence-electron chi connectivity index (χ3n) is 5.33. The first-order valence-corrected chi connectivity index (χ1v) is 9.07. The highest BCUT2D eigenvalue weighted by Crippen LogP contribution is 2.52. The van der Waals surface area contributed by atoms with Crippen molar-refractivity contribution in [3.63, 3.8) is 0 Å². The molecule has 140 valence electrons. The Morgan fingerprint density at radius 1 is 1.19 bits per heavy atom. The Labute approximate surface area is 156 Å². The summed E-state index contributed by atoms with van der Waals surface area (Å²) in [6.07, 6.45) is 6.40. The lowest BCUT2D eigenvalue weighted by atomic mass is 9.85. The largest absolute Gasteiger partial charge is 0.481 e. The number of allylic oxidation sites excluding steroid dienone is 2. The Kier molecular flexibility index (Phi) is 4.51. The zero-order chi connectivity index (χ0) is 19.0. The fourth-order valence-corrected chi connectivity index (χ4v) is 4.18. The van der Waals surface area contributed by atoms with Gasteiger partial charge < -0.3 is 9.47 Å². The molecule has 0 N–H and O–H groups in total. The predicted molar refractivity (Wildman–Crippen MR) is 95.7 cm³/mol. The number of amides is 2. The molecule has 4 rings (SSSR count). The molecule has 27 heavy (non-hydrogen) atoms. The molecule has 1 aromatic carbocycles. The van der Waals surface area contributed by atoms with Gasteiger partial charge >= 0.3 is 5.97 Å². The minimum absolute atomic E-state index is 0.150. The van der Waals surface area contributed by atoms with Crippen molar-refractivity contribution >= 4 is 24.0 Å². The monoisotopic (exact) mass is 368 g/mol. The van der Waals surface area contributed by atoms with Crippen LogP contribution >= 0.6 is 0 Å². The Hall–Kier alpha value is -2.96. The summed E-state index contributed by atoms with van der Waals surface area (Å²) in [5.74, 6) is -0.764. The molecule has 2 amide bonds. The van der Waals surface area contributed by atoms with Crippen molar-refractivity contribution in [2.75, 3.05) is 13.2 Å². The van der Waals surface area contributed by atoms with Crippen LogP contribution in [0.5, 0.6) is 5.75 Å². The molecule has 2 fully saturated rings. The number of hydrogen-bond donors (Lipinski definition) is 0. The number of ether oxygens (including phenoxy) is 2. The first-order valence-electron chi connectivity index (χ1n) is 9.07. The maximum absolute atomic E-state index is 12.6. The molecule has 1 saturated heterocycles. The molecule has 0 aromatic heterocycles. The van der Waals surface area contributed by atoms with E-state index in [-0.39, 0.29) is 48.7 Å². The van der Waals surface area contributed by atoms with Gasteiger partial charge in [0.15, 0.2) is 6.61 Å². The molecule has 0 radical (unpaired) electrons. The molecule has 1 heterocycles. The zero-order valence-corrected chi connectivity index (χ0v) is 14.9. The van der Waals surface area contributed by atoms with Gasteiger partial charge in [0, 0.05) is 5.56 Å². The number of esters is 1. The number of fused-ring (bicyclic) bond motifs is 5. The predicted octanol–water partition coefficient (Wildman–Crippen LogP) is 1.77. The van der Waals surface area contributed by atoms with E-state index < -0.39 is 5.97 Å². The van der Waals surface area contributed by atoms with Gasteiger partial charge in [-0.05, 0) is 37.3 Å². The molecule has 1 aromatic rings. The van der Waals surface area contributed by atoms with Gasteiger partial charge in [0.2, 0.25) is 0 Å². The highest BCUT2D eigenvalue weighted by atomic mass is 16.6. The van der Waals surface area contributed by atoms with Crippen LogP contribution in [0.4, 0.5) is 0 Å². The van der Waals surface area contributed by atoms with E-state index in [9.17, 15) is 14.4 Å². The van der Waals surface area contributed by atoms with Crippen molar-refractivity contribution < 1.29 is 23.9 Å². The zero-order valence-electron chi connectivity index (χ0n) is 14.9. The van der Waals surface area contributed by atoms with E-state index in [4.69, 9.17) is 9.47 Å². The van der Waals surface area contributed by atoms with Crippen LogP contribution in [-0.2, 0) is 19.1 Å². The molecule has 7 heteroatoms. The van der Waals surface area contributed by atoms with Crippen LogP contribution in [0.2, 0.25) is 0 Å². The van der Waals surface area contributed by atoms with Crippen LogP contribution in [-0.4, -0.2) is 42.2 Å². The second kappa shape index (κ2) is 6.98. The number of nitrogens with zero attached hydrogens (tertiary/aromatic N) is 2. The number of hydrazone groups is 1. The second-order valence-corrected chi connectivity index (χ2v) is 6.86. The SMILES string of the molecule is CCOC(=O)COc1ccccc1C=NN1C(=O)C2C3C=CC(C3)C2C1=O. The molecule has 1 aliphatic heterocycles. The molecule has 4 atom stereocenters. The first-order chi connectivity index (χ1) is 13.1. The number of carbonyl (C=O) groups excluding carboxylic acids is 3. The van der Waals surface area contributed by atoms with Gasteiger partial charge in [-0.3, -0.25) is 9.59 Å². The molecule has 4 unspecified atom stereocenters. The van der Waals surface area contributed by atoms with Crippen LogP contribution in [0.1, 0.15) is 18.9 Å². The number of para-hydroxylation sites is 1. The van der Waals surface area contributed by atoms with Crippen molar-refractivity contribution in [1.82, 2.24) is 5.01 Å². The lowest BCUT2D eigenvalue weighted by molar-refractivity contribution is -0.145. The standard InChI is InChI=1S/C20H20N2O5/c1-2-26-16(23)11-27-15-6-4-3-5-14(15)10-21-22-19(24)17-12-7-8-13(9-12)18(17)20(22)25/h3-8,10,12-13,17-18H,2,9,11H2,1H3. The highest BCUT2D eigenvalue weighted by Gasteiger charge is 2.59. The number of imide groups is 1. The topological polar surface area (TPSA) is 85.3 Å². The highest BCUT2D eigenvalue weighted by molar-refractivity contribution is 6.06. The summed E-state index contributed by atoms with van der Waals surface area (Å²) in [6.45, 7) is 1.78. The average molecular weight is 368 g/mol. The minimum atomic E-state index is -0.468. The van der Waals surface area contributed by atoms with Crippen LogP contribution in [0, 0.1) is 23.7 Å².